The second-order valence-corrected chi connectivity index (χ2v) is 19.2. The summed E-state index contributed by atoms with van der Waals surface area (Å²) in [6.07, 6.45) is 79.3. The van der Waals surface area contributed by atoms with Crippen LogP contribution in [0.1, 0.15) is 265 Å². The maximum Gasteiger partial charge on any atom is 0.306 e. The van der Waals surface area contributed by atoms with Crippen molar-refractivity contribution in [3.05, 3.63) is 109 Å². The summed E-state index contributed by atoms with van der Waals surface area (Å²) in [7, 11) is 0. The molecule has 0 heterocycles. The normalized spacial score (nSPS) is 12.9. The van der Waals surface area contributed by atoms with Gasteiger partial charge in [-0.25, -0.2) is 0 Å². The number of allylic oxidation sites excluding steroid dienone is 18. The minimum Gasteiger partial charge on any atom is -0.462 e. The average Bonchev–Trinajstić information content (AvgIpc) is 3.37. The van der Waals surface area contributed by atoms with Crippen molar-refractivity contribution >= 4 is 17.9 Å². The van der Waals surface area contributed by atoms with E-state index in [1.54, 1.807) is 0 Å². The molecule has 0 aromatic carbocycles. The predicted molar refractivity (Wildman–Crippen MR) is 307 cm³/mol. The molecule has 0 radical (unpaired) electrons. The van der Waals surface area contributed by atoms with Gasteiger partial charge in [0.2, 0.25) is 0 Å². The van der Waals surface area contributed by atoms with Crippen LogP contribution in [0.15, 0.2) is 109 Å². The van der Waals surface area contributed by atoms with Gasteiger partial charge < -0.3 is 14.2 Å². The first-order valence-corrected chi connectivity index (χ1v) is 29.4. The predicted octanol–water partition coefficient (Wildman–Crippen LogP) is 19.9. The Morgan fingerprint density at radius 1 is 0.296 bits per heavy atom. The lowest BCUT2D eigenvalue weighted by Crippen LogP contribution is -2.30. The van der Waals surface area contributed by atoms with Crippen molar-refractivity contribution < 1.29 is 28.6 Å². The van der Waals surface area contributed by atoms with E-state index < -0.39 is 6.10 Å². The summed E-state index contributed by atoms with van der Waals surface area (Å²) in [5.74, 6) is -0.962. The first kappa shape index (κ1) is 67.1. The van der Waals surface area contributed by atoms with Gasteiger partial charge in [-0.05, 0) is 109 Å². The Hall–Kier alpha value is -3.93. The summed E-state index contributed by atoms with van der Waals surface area (Å²) >= 11 is 0. The number of carbonyl (C=O) groups is 3. The fraction of sp³-hybridized carbons (Fsp3) is 0.677. The van der Waals surface area contributed by atoms with E-state index in [1.807, 2.05) is 0 Å². The number of carbonyl (C=O) groups excluding carboxylic acids is 3. The van der Waals surface area contributed by atoms with Gasteiger partial charge in [-0.1, -0.05) is 246 Å². The summed E-state index contributed by atoms with van der Waals surface area (Å²) in [5, 5.41) is 0. The smallest absolute Gasteiger partial charge is 0.306 e. The lowest BCUT2D eigenvalue weighted by Gasteiger charge is -2.18. The van der Waals surface area contributed by atoms with Crippen molar-refractivity contribution in [1.29, 1.82) is 0 Å². The summed E-state index contributed by atoms with van der Waals surface area (Å²) in [6, 6.07) is 0. The summed E-state index contributed by atoms with van der Waals surface area (Å²) in [6.45, 7) is 6.45. The minimum atomic E-state index is -0.810. The van der Waals surface area contributed by atoms with Gasteiger partial charge in [0.25, 0.3) is 0 Å². The SMILES string of the molecule is CC/C=C/C/C=C/C/C=C/C/C=C/C/C=C/CCCCCC(=O)OC[C@@H](COC(=O)CCCCCCCCCCCCCCCCC)OC(=O)CCCCC/C=C/C/C=C/C/C=C/C/C=C/CCCCC. The fourth-order valence-corrected chi connectivity index (χ4v) is 7.86. The Morgan fingerprint density at radius 3 is 0.887 bits per heavy atom. The molecular formula is C65H108O6. The monoisotopic (exact) mass is 985 g/mol. The Bertz CT molecular complexity index is 1460. The topological polar surface area (TPSA) is 78.9 Å². The molecule has 0 saturated heterocycles. The van der Waals surface area contributed by atoms with Crippen LogP contribution >= 0.6 is 0 Å². The fourth-order valence-electron chi connectivity index (χ4n) is 7.86. The number of rotatable bonds is 52. The van der Waals surface area contributed by atoms with E-state index in [2.05, 4.69) is 130 Å². The molecule has 0 rings (SSSR count). The molecule has 0 fully saturated rings. The third-order valence-electron chi connectivity index (χ3n) is 12.3. The highest BCUT2D eigenvalue weighted by Crippen LogP contribution is 2.15. The molecule has 0 spiro atoms. The highest BCUT2D eigenvalue weighted by molar-refractivity contribution is 5.71. The first-order chi connectivity index (χ1) is 35.0. The largest absolute Gasteiger partial charge is 0.462 e. The standard InChI is InChI=1S/C65H108O6/c1-4-7-10-13-16-19-22-25-28-30-32-34-37-40-43-46-49-52-55-58-64(67)70-61-62(60-69-63(66)57-54-51-48-45-42-39-36-27-24-21-18-15-12-9-6-3)71-65(68)59-56-53-50-47-44-41-38-35-33-31-29-26-23-20-17-14-11-8-5-2/h7,10,16-17,19-20,25-26,28-29,32-35,40-41,43-44,62H,4-6,8-9,11-15,18,21-24,27,30-31,36-39,42,45-61H2,1-3H3/b10-7+,19-16+,20-17+,28-25+,29-26+,34-32+,35-33+,43-40+,44-41+/t62-/m1/s1. The summed E-state index contributed by atoms with van der Waals surface area (Å²) in [5.41, 5.74) is 0. The van der Waals surface area contributed by atoms with E-state index in [-0.39, 0.29) is 37.5 Å². The molecule has 6 nitrogen and oxygen atoms in total. The summed E-state index contributed by atoms with van der Waals surface area (Å²) in [4.78, 5) is 38.2. The van der Waals surface area contributed by atoms with Gasteiger partial charge in [0, 0.05) is 19.3 Å². The van der Waals surface area contributed by atoms with Crippen LogP contribution in [0.2, 0.25) is 0 Å². The van der Waals surface area contributed by atoms with Crippen molar-refractivity contribution in [3.63, 3.8) is 0 Å². The highest BCUT2D eigenvalue weighted by atomic mass is 16.6. The molecule has 0 unspecified atom stereocenters. The zero-order valence-corrected chi connectivity index (χ0v) is 46.2. The Balaban J connectivity index is 4.52. The van der Waals surface area contributed by atoms with Crippen LogP contribution in [0.25, 0.3) is 0 Å². The molecule has 0 aliphatic rings. The number of hydrogen-bond donors (Lipinski definition) is 0. The third-order valence-corrected chi connectivity index (χ3v) is 12.3. The van der Waals surface area contributed by atoms with E-state index in [0.29, 0.717) is 12.8 Å². The lowest BCUT2D eigenvalue weighted by atomic mass is 10.0. The van der Waals surface area contributed by atoms with Crippen LogP contribution in [-0.4, -0.2) is 37.2 Å². The molecule has 0 aromatic rings. The van der Waals surface area contributed by atoms with Gasteiger partial charge in [0.05, 0.1) is 0 Å². The van der Waals surface area contributed by atoms with Crippen molar-refractivity contribution in [2.75, 3.05) is 13.2 Å². The lowest BCUT2D eigenvalue weighted by molar-refractivity contribution is -0.167. The molecule has 71 heavy (non-hydrogen) atoms. The van der Waals surface area contributed by atoms with Crippen LogP contribution in [0.5, 0.6) is 0 Å². The van der Waals surface area contributed by atoms with Crippen LogP contribution in [0.4, 0.5) is 0 Å². The average molecular weight is 986 g/mol. The van der Waals surface area contributed by atoms with Crippen LogP contribution in [-0.2, 0) is 28.6 Å². The molecule has 0 aliphatic carbocycles. The van der Waals surface area contributed by atoms with Crippen LogP contribution < -0.4 is 0 Å². The molecule has 0 amide bonds. The van der Waals surface area contributed by atoms with E-state index in [1.165, 1.54) is 103 Å². The van der Waals surface area contributed by atoms with E-state index in [0.717, 1.165) is 122 Å². The first-order valence-electron chi connectivity index (χ1n) is 29.4. The number of unbranched alkanes of at least 4 members (excludes halogenated alkanes) is 23. The van der Waals surface area contributed by atoms with Gasteiger partial charge in [-0.15, -0.1) is 0 Å². The van der Waals surface area contributed by atoms with Gasteiger partial charge in [0.15, 0.2) is 6.10 Å². The Morgan fingerprint density at radius 2 is 0.549 bits per heavy atom. The van der Waals surface area contributed by atoms with E-state index in [4.69, 9.17) is 14.2 Å². The van der Waals surface area contributed by atoms with Gasteiger partial charge in [-0.2, -0.15) is 0 Å². The number of esters is 3. The maximum absolute atomic E-state index is 12.9. The quantitative estimate of drug-likeness (QED) is 0.0261. The Labute approximate surface area is 438 Å². The van der Waals surface area contributed by atoms with Crippen LogP contribution in [0, 0.1) is 0 Å². The second-order valence-electron chi connectivity index (χ2n) is 19.2. The highest BCUT2D eigenvalue weighted by Gasteiger charge is 2.19. The zero-order valence-electron chi connectivity index (χ0n) is 46.2. The molecular weight excluding hydrogens is 877 g/mol. The van der Waals surface area contributed by atoms with Crippen molar-refractivity contribution in [2.24, 2.45) is 0 Å². The molecule has 1 atom stereocenters. The van der Waals surface area contributed by atoms with Crippen molar-refractivity contribution in [3.8, 4) is 0 Å². The third kappa shape index (κ3) is 56.9. The number of ether oxygens (including phenoxy) is 3. The van der Waals surface area contributed by atoms with Crippen molar-refractivity contribution in [1.82, 2.24) is 0 Å². The van der Waals surface area contributed by atoms with Gasteiger partial charge in [0.1, 0.15) is 13.2 Å². The Kier molecular flexibility index (Phi) is 55.4. The van der Waals surface area contributed by atoms with Crippen LogP contribution in [0.3, 0.4) is 0 Å². The molecule has 0 N–H and O–H groups in total. The number of hydrogen-bond acceptors (Lipinski definition) is 6. The molecule has 0 aliphatic heterocycles. The second kappa shape index (κ2) is 58.6. The van der Waals surface area contributed by atoms with Gasteiger partial charge >= 0.3 is 17.9 Å². The zero-order chi connectivity index (χ0) is 51.4. The summed E-state index contributed by atoms with van der Waals surface area (Å²) < 4.78 is 16.8. The van der Waals surface area contributed by atoms with E-state index >= 15 is 0 Å². The molecule has 404 valence electrons. The molecule has 0 bridgehead atoms. The van der Waals surface area contributed by atoms with Crippen molar-refractivity contribution in [2.45, 2.75) is 271 Å². The molecule has 6 heteroatoms. The molecule has 0 aromatic heterocycles. The molecule has 0 saturated carbocycles. The van der Waals surface area contributed by atoms with Gasteiger partial charge in [-0.3, -0.25) is 14.4 Å². The van der Waals surface area contributed by atoms with E-state index in [9.17, 15) is 14.4 Å². The minimum absolute atomic E-state index is 0.101. The maximum atomic E-state index is 12.9.